The molecule has 0 saturated carbocycles. The maximum atomic E-state index is 10.8. The Labute approximate surface area is 508 Å². The van der Waals surface area contributed by atoms with Gasteiger partial charge in [-0.15, -0.1) is 0 Å². The first-order chi connectivity index (χ1) is 41.2. The Balaban J connectivity index is 0.000000209. The molecule has 0 bridgehead atoms. The largest absolute Gasteiger partial charge is 0.467 e. The van der Waals surface area contributed by atoms with Crippen molar-refractivity contribution in [2.75, 3.05) is 116 Å². The highest BCUT2D eigenvalue weighted by Gasteiger charge is 2.28. The van der Waals surface area contributed by atoms with Crippen LogP contribution in [0.5, 0.6) is 23.5 Å². The third-order valence-corrected chi connectivity index (χ3v) is 15.6. The maximum absolute atomic E-state index is 10.8. The van der Waals surface area contributed by atoms with E-state index in [1.807, 2.05) is 38.1 Å². The second-order valence-corrected chi connectivity index (χ2v) is 21.5. The van der Waals surface area contributed by atoms with E-state index in [0.717, 1.165) is 127 Å². The van der Waals surface area contributed by atoms with Gasteiger partial charge in [0, 0.05) is 97.9 Å². The number of rotatable bonds is 20. The van der Waals surface area contributed by atoms with Gasteiger partial charge in [0.1, 0.15) is 36.3 Å². The molecule has 1 amide bonds. The van der Waals surface area contributed by atoms with Crippen LogP contribution < -0.4 is 40.2 Å². The molecular formula is C65H90ClN11O8. The van der Waals surface area contributed by atoms with Gasteiger partial charge < -0.3 is 64.4 Å². The van der Waals surface area contributed by atoms with Crippen LogP contribution in [0.15, 0.2) is 98.1 Å². The van der Waals surface area contributed by atoms with Gasteiger partial charge >= 0.3 is 12.0 Å². The second kappa shape index (κ2) is 34.6. The molecule has 4 aliphatic heterocycles. The summed E-state index contributed by atoms with van der Waals surface area (Å²) < 4.78 is 33.7. The SMILES string of the molecule is C=CC(=O)Cl.C=CC(=O)N(CC)CC.CCCCC.COCOc1cc(N2CCc3c(N)nc(OC[C@@H]4CCCN4C)nc3C2)c2ccccc2c1.COCOc1cc(N2CCc3c(N)nc(OC[C@@H]4CCCN4C)nc3C2)c2ccccc2c1. The van der Waals surface area contributed by atoms with Crippen molar-refractivity contribution in [1.82, 2.24) is 34.6 Å². The van der Waals surface area contributed by atoms with Crippen molar-refractivity contribution < 1.29 is 38.0 Å². The normalized spacial score (nSPS) is 16.2. The molecule has 0 aliphatic carbocycles. The fourth-order valence-electron chi connectivity index (χ4n) is 10.6. The number of carbonyl (C=O) groups is 2. The highest BCUT2D eigenvalue weighted by atomic mass is 35.5. The summed E-state index contributed by atoms with van der Waals surface area (Å²) in [7, 11) is 7.52. The Hall–Kier alpha value is -7.29. The van der Waals surface area contributed by atoms with E-state index in [1.165, 1.54) is 49.0 Å². The summed E-state index contributed by atoms with van der Waals surface area (Å²) in [4.78, 5) is 49.7. The summed E-state index contributed by atoms with van der Waals surface area (Å²) in [5.74, 6) is 2.62. The number of likely N-dealkylation sites (tertiary alicyclic amines) is 2. The van der Waals surface area contributed by atoms with Gasteiger partial charge in [0.25, 0.3) is 0 Å². The molecule has 0 radical (unpaired) electrons. The molecule has 2 saturated heterocycles. The number of allylic oxidation sites excluding steroid dienone is 1. The number of ether oxygens (including phenoxy) is 6. The number of hydrogen-bond donors (Lipinski definition) is 2. The van der Waals surface area contributed by atoms with Crippen molar-refractivity contribution in [2.45, 2.75) is 111 Å². The van der Waals surface area contributed by atoms with Gasteiger partial charge in [0.15, 0.2) is 13.6 Å². The Morgan fingerprint density at radius 3 is 1.39 bits per heavy atom. The van der Waals surface area contributed by atoms with Crippen molar-refractivity contribution >= 4 is 67.3 Å². The van der Waals surface area contributed by atoms with Crippen LogP contribution in [0.4, 0.5) is 23.0 Å². The minimum atomic E-state index is -0.509. The Bertz CT molecular complexity index is 2930. The van der Waals surface area contributed by atoms with Crippen LogP contribution in [-0.2, 0) is 45.0 Å². The molecule has 6 heterocycles. The summed E-state index contributed by atoms with van der Waals surface area (Å²) in [6, 6.07) is 26.5. The number of likely N-dealkylation sites (N-methyl/N-ethyl adjacent to an activating group) is 3. The number of unbranched alkanes of at least 4 members (excludes halogenated alkanes) is 2. The standard InChI is InChI=1S/2C25H31N5O3.C7H13NO.C5H12.C3H3ClO/c2*1-29-10-5-7-18(29)15-32-25-27-22-14-30(11-9-21(22)24(26)28-25)23-13-19(33-16-31-2)12-17-6-3-4-8-20(17)23;1-4-7(9)8(5-2)6-3;1-3-5-4-2;1-2-3(4)5/h2*3-4,6,8,12-13,18H,5,7,9-11,14-16H2,1-2H3,(H2,26,27,28);4H,1,5-6H2,2-3H3;3-5H2,1-2H3;2H,1H2/t2*18-;;;/m00.../s1. The molecule has 4 aliphatic rings. The first-order valence-corrected chi connectivity index (χ1v) is 30.1. The van der Waals surface area contributed by atoms with Gasteiger partial charge in [-0.05, 0) is 126 Å². The molecule has 4 N–H and O–H groups in total. The van der Waals surface area contributed by atoms with E-state index < -0.39 is 5.24 Å². The quantitative estimate of drug-likeness (QED) is 0.0414. The number of nitrogen functional groups attached to an aromatic ring is 2. The number of amides is 1. The molecule has 4 aromatic carbocycles. The lowest BCUT2D eigenvalue weighted by atomic mass is 10.0. The van der Waals surface area contributed by atoms with E-state index in [-0.39, 0.29) is 19.5 Å². The van der Waals surface area contributed by atoms with Crippen molar-refractivity contribution in [3.8, 4) is 23.5 Å². The molecule has 2 aromatic heterocycles. The van der Waals surface area contributed by atoms with Gasteiger partial charge in [-0.2, -0.15) is 19.9 Å². The maximum Gasteiger partial charge on any atom is 0.318 e. The van der Waals surface area contributed by atoms with Crippen LogP contribution in [0.1, 0.15) is 95.2 Å². The van der Waals surface area contributed by atoms with E-state index in [9.17, 15) is 9.59 Å². The number of benzene rings is 4. The number of halogens is 1. The van der Waals surface area contributed by atoms with Crippen LogP contribution in [0, 0.1) is 0 Å². The van der Waals surface area contributed by atoms with E-state index >= 15 is 0 Å². The fourth-order valence-corrected chi connectivity index (χ4v) is 10.6. The molecular weight excluding hydrogens is 1100 g/mol. The predicted molar refractivity (Wildman–Crippen MR) is 342 cm³/mol. The molecule has 460 valence electrons. The van der Waals surface area contributed by atoms with Crippen molar-refractivity contribution in [3.05, 3.63) is 121 Å². The molecule has 10 rings (SSSR count). The second-order valence-electron chi connectivity index (χ2n) is 21.2. The van der Waals surface area contributed by atoms with E-state index in [2.05, 4.69) is 119 Å². The van der Waals surface area contributed by atoms with Crippen molar-refractivity contribution in [2.24, 2.45) is 0 Å². The van der Waals surface area contributed by atoms with E-state index in [1.54, 1.807) is 19.1 Å². The highest BCUT2D eigenvalue weighted by molar-refractivity contribution is 6.66. The lowest BCUT2D eigenvalue weighted by molar-refractivity contribution is -0.125. The zero-order valence-corrected chi connectivity index (χ0v) is 52.1. The molecule has 85 heavy (non-hydrogen) atoms. The van der Waals surface area contributed by atoms with Gasteiger partial charge in [-0.3, -0.25) is 9.59 Å². The van der Waals surface area contributed by atoms with Crippen LogP contribution >= 0.6 is 11.6 Å². The number of hydrogen-bond acceptors (Lipinski definition) is 18. The molecule has 2 atom stereocenters. The van der Waals surface area contributed by atoms with Crippen molar-refractivity contribution in [1.29, 1.82) is 0 Å². The molecule has 6 aromatic rings. The van der Waals surface area contributed by atoms with Gasteiger partial charge in [-0.25, -0.2) is 0 Å². The molecule has 0 spiro atoms. The summed E-state index contributed by atoms with van der Waals surface area (Å²) in [5, 5.41) is 4.09. The molecule has 20 heteroatoms. The summed E-state index contributed by atoms with van der Waals surface area (Å²) in [5.41, 5.74) is 18.7. The average molecular weight is 1190 g/mol. The minimum absolute atomic E-state index is 0.0139. The van der Waals surface area contributed by atoms with Gasteiger partial charge in [0.05, 0.1) is 24.5 Å². The average Bonchev–Trinajstić information content (AvgIpc) is 2.64. The minimum Gasteiger partial charge on any atom is -0.467 e. The number of nitrogens with two attached hydrogens (primary N) is 2. The Morgan fingerprint density at radius 1 is 0.635 bits per heavy atom. The number of nitrogens with zero attached hydrogens (tertiary/aromatic N) is 9. The Morgan fingerprint density at radius 2 is 1.06 bits per heavy atom. The lowest BCUT2D eigenvalue weighted by Gasteiger charge is -2.31. The number of methoxy groups -OCH3 is 2. The predicted octanol–water partition coefficient (Wildman–Crippen LogP) is 10.6. The highest BCUT2D eigenvalue weighted by Crippen LogP contribution is 2.38. The third kappa shape index (κ3) is 19.4. The molecule has 19 nitrogen and oxygen atoms in total. The summed E-state index contributed by atoms with van der Waals surface area (Å²) >= 11 is 4.71. The first-order valence-electron chi connectivity index (χ1n) is 29.7. The molecule has 0 unspecified atom stereocenters. The number of aromatic nitrogens is 4. The number of anilines is 4. The Kier molecular flexibility index (Phi) is 27.2. The zero-order valence-electron chi connectivity index (χ0n) is 51.3. The van der Waals surface area contributed by atoms with Crippen LogP contribution in [-0.4, -0.2) is 152 Å². The monoisotopic (exact) mass is 1190 g/mol. The van der Waals surface area contributed by atoms with E-state index in [0.29, 0.717) is 62.0 Å². The summed E-state index contributed by atoms with van der Waals surface area (Å²) in [6.07, 6.45) is 12.7. The summed E-state index contributed by atoms with van der Waals surface area (Å²) in [6.45, 7) is 23.1. The van der Waals surface area contributed by atoms with E-state index in [4.69, 9.17) is 61.5 Å². The smallest absolute Gasteiger partial charge is 0.318 e. The molecule has 2 fully saturated rings. The van der Waals surface area contributed by atoms with Gasteiger partial charge in [-0.1, -0.05) is 94.8 Å². The first kappa shape index (κ1) is 66.8. The zero-order chi connectivity index (χ0) is 61.3. The van der Waals surface area contributed by atoms with Crippen molar-refractivity contribution in [3.63, 3.8) is 0 Å². The van der Waals surface area contributed by atoms with Gasteiger partial charge in [0.2, 0.25) is 11.1 Å². The fraction of sp³-hybridized carbons (Fsp3) is 0.477. The lowest BCUT2D eigenvalue weighted by Crippen LogP contribution is -2.33. The number of fused-ring (bicyclic) bond motifs is 4. The van der Waals surface area contributed by atoms with Crippen LogP contribution in [0.2, 0.25) is 0 Å². The van der Waals surface area contributed by atoms with Crippen LogP contribution in [0.25, 0.3) is 21.5 Å². The number of carbonyl (C=O) groups excluding carboxylic acids is 2. The third-order valence-electron chi connectivity index (χ3n) is 15.4. The topological polar surface area (TPSA) is 209 Å². The van der Waals surface area contributed by atoms with Crippen LogP contribution in [0.3, 0.4) is 0 Å².